The Bertz CT molecular complexity index is 789. The molecule has 2 heterocycles. The summed E-state index contributed by atoms with van der Waals surface area (Å²) in [4.78, 5) is 12.5. The monoisotopic (exact) mass is 325 g/mol. The van der Waals surface area contributed by atoms with E-state index in [-0.39, 0.29) is 0 Å². The molecule has 2 aromatic carbocycles. The number of para-hydroxylation sites is 1. The average molecular weight is 325 g/mol. The lowest BCUT2D eigenvalue weighted by atomic mass is 9.94. The van der Waals surface area contributed by atoms with Crippen LogP contribution in [-0.4, -0.2) is 27.9 Å². The SMILES string of the molecule is CC1(C)O[C@@]2(c3ccccc3O[C@H]2Cc2ccccc2)N(O)C1=O. The maximum Gasteiger partial charge on any atom is 0.280 e. The lowest BCUT2D eigenvalue weighted by Crippen LogP contribution is -2.50. The number of fused-ring (bicyclic) bond motifs is 2. The molecule has 5 heteroatoms. The Morgan fingerprint density at radius 3 is 2.42 bits per heavy atom. The lowest BCUT2D eigenvalue weighted by Gasteiger charge is -2.33. The number of nitrogens with zero attached hydrogens (tertiary/aromatic N) is 1. The van der Waals surface area contributed by atoms with Crippen molar-refractivity contribution in [3.8, 4) is 5.75 Å². The topological polar surface area (TPSA) is 59.0 Å². The summed E-state index contributed by atoms with van der Waals surface area (Å²) >= 11 is 0. The Labute approximate surface area is 140 Å². The fraction of sp³-hybridized carbons (Fsp3) is 0.316. The normalized spacial score (nSPS) is 27.4. The summed E-state index contributed by atoms with van der Waals surface area (Å²) in [6.45, 7) is 3.32. The van der Waals surface area contributed by atoms with Crippen molar-refractivity contribution in [1.82, 2.24) is 5.06 Å². The maximum absolute atomic E-state index is 12.5. The minimum absolute atomic E-state index is 0.471. The molecule has 124 valence electrons. The van der Waals surface area contributed by atoms with E-state index in [0.29, 0.717) is 22.8 Å². The lowest BCUT2D eigenvalue weighted by molar-refractivity contribution is -0.261. The van der Waals surface area contributed by atoms with Gasteiger partial charge in [0.2, 0.25) is 5.72 Å². The van der Waals surface area contributed by atoms with Crippen LogP contribution < -0.4 is 4.74 Å². The van der Waals surface area contributed by atoms with E-state index in [1.54, 1.807) is 13.8 Å². The van der Waals surface area contributed by atoms with Crippen molar-refractivity contribution in [3.63, 3.8) is 0 Å². The van der Waals surface area contributed by atoms with Crippen LogP contribution in [0.3, 0.4) is 0 Å². The maximum atomic E-state index is 12.5. The second-order valence-corrected chi connectivity index (χ2v) is 6.72. The molecule has 2 atom stereocenters. The number of hydrogen-bond donors (Lipinski definition) is 1. The Hall–Kier alpha value is -2.37. The molecule has 0 aliphatic carbocycles. The third-order valence-electron chi connectivity index (χ3n) is 4.68. The van der Waals surface area contributed by atoms with Gasteiger partial charge in [0.15, 0.2) is 6.10 Å². The second kappa shape index (κ2) is 5.06. The molecule has 1 fully saturated rings. The molecule has 1 saturated heterocycles. The highest BCUT2D eigenvalue weighted by Crippen LogP contribution is 2.52. The van der Waals surface area contributed by atoms with Gasteiger partial charge < -0.3 is 9.47 Å². The van der Waals surface area contributed by atoms with Crippen molar-refractivity contribution < 1.29 is 19.5 Å². The summed E-state index contributed by atoms with van der Waals surface area (Å²) in [5, 5.41) is 11.4. The van der Waals surface area contributed by atoms with Crippen LogP contribution >= 0.6 is 0 Å². The smallest absolute Gasteiger partial charge is 0.280 e. The summed E-state index contributed by atoms with van der Waals surface area (Å²) < 4.78 is 12.2. The minimum atomic E-state index is -1.33. The van der Waals surface area contributed by atoms with Gasteiger partial charge in [0, 0.05) is 6.42 Å². The van der Waals surface area contributed by atoms with E-state index in [1.807, 2.05) is 54.6 Å². The highest BCUT2D eigenvalue weighted by Gasteiger charge is 2.65. The van der Waals surface area contributed by atoms with Crippen LogP contribution in [0.5, 0.6) is 5.75 Å². The Balaban J connectivity index is 1.82. The summed E-state index contributed by atoms with van der Waals surface area (Å²) in [5.41, 5.74) is -0.728. The molecule has 1 amide bonds. The van der Waals surface area contributed by atoms with Gasteiger partial charge in [0.25, 0.3) is 5.91 Å². The third-order valence-corrected chi connectivity index (χ3v) is 4.68. The number of benzene rings is 2. The standard InChI is InChI=1S/C19H19NO4/c1-18(2)17(21)20(22)19(24-18)14-10-6-7-11-15(14)23-16(19)12-13-8-4-3-5-9-13/h3-11,16,22H,12H2,1-2H3/t16-,19+/m0/s1. The summed E-state index contributed by atoms with van der Waals surface area (Å²) in [5.74, 6) is 0.156. The van der Waals surface area contributed by atoms with Crippen LogP contribution in [-0.2, 0) is 21.7 Å². The van der Waals surface area contributed by atoms with Gasteiger partial charge in [-0.15, -0.1) is 0 Å². The number of hydrogen-bond acceptors (Lipinski definition) is 4. The molecule has 2 aromatic rings. The van der Waals surface area contributed by atoms with Crippen LogP contribution in [0, 0.1) is 0 Å². The molecule has 5 nitrogen and oxygen atoms in total. The van der Waals surface area contributed by atoms with Gasteiger partial charge >= 0.3 is 0 Å². The van der Waals surface area contributed by atoms with E-state index in [1.165, 1.54) is 0 Å². The van der Waals surface area contributed by atoms with Gasteiger partial charge in [0.05, 0.1) is 5.56 Å². The van der Waals surface area contributed by atoms with E-state index in [0.717, 1.165) is 5.56 Å². The first-order chi connectivity index (χ1) is 11.4. The van der Waals surface area contributed by atoms with Crippen LogP contribution in [0.25, 0.3) is 0 Å². The largest absolute Gasteiger partial charge is 0.484 e. The van der Waals surface area contributed by atoms with Crippen molar-refractivity contribution in [1.29, 1.82) is 0 Å². The molecular weight excluding hydrogens is 306 g/mol. The van der Waals surface area contributed by atoms with Gasteiger partial charge in [-0.05, 0) is 25.5 Å². The number of amides is 1. The first-order valence-electron chi connectivity index (χ1n) is 7.99. The van der Waals surface area contributed by atoms with E-state index in [9.17, 15) is 10.0 Å². The molecule has 0 aromatic heterocycles. The Kier molecular flexibility index (Phi) is 3.20. The quantitative estimate of drug-likeness (QED) is 0.863. The van der Waals surface area contributed by atoms with E-state index < -0.39 is 23.3 Å². The van der Waals surface area contributed by atoms with Crippen molar-refractivity contribution in [2.45, 2.75) is 37.7 Å². The molecule has 0 bridgehead atoms. The number of rotatable bonds is 2. The molecule has 1 spiro atoms. The van der Waals surface area contributed by atoms with Gasteiger partial charge in [-0.2, -0.15) is 5.06 Å². The zero-order valence-corrected chi connectivity index (χ0v) is 13.6. The predicted octanol–water partition coefficient (Wildman–Crippen LogP) is 2.87. The third kappa shape index (κ3) is 1.98. The highest BCUT2D eigenvalue weighted by atomic mass is 16.7. The zero-order valence-electron chi connectivity index (χ0n) is 13.6. The van der Waals surface area contributed by atoms with E-state index in [2.05, 4.69) is 0 Å². The zero-order chi connectivity index (χ0) is 16.9. The molecule has 24 heavy (non-hydrogen) atoms. The van der Waals surface area contributed by atoms with Gasteiger partial charge in [-0.25, -0.2) is 0 Å². The molecule has 0 saturated carbocycles. The Morgan fingerprint density at radius 1 is 1.08 bits per heavy atom. The van der Waals surface area contributed by atoms with E-state index >= 15 is 0 Å². The Morgan fingerprint density at radius 2 is 1.75 bits per heavy atom. The van der Waals surface area contributed by atoms with Crippen molar-refractivity contribution in [2.24, 2.45) is 0 Å². The van der Waals surface area contributed by atoms with Gasteiger partial charge in [-0.1, -0.05) is 48.5 Å². The molecule has 0 radical (unpaired) electrons. The van der Waals surface area contributed by atoms with Crippen molar-refractivity contribution in [3.05, 3.63) is 65.7 Å². The summed E-state index contributed by atoms with van der Waals surface area (Å²) in [7, 11) is 0. The predicted molar refractivity (Wildman–Crippen MR) is 86.5 cm³/mol. The average Bonchev–Trinajstić information content (AvgIpc) is 2.97. The molecular formula is C19H19NO4. The minimum Gasteiger partial charge on any atom is -0.484 e. The van der Waals surface area contributed by atoms with Crippen LogP contribution in [0.2, 0.25) is 0 Å². The summed E-state index contributed by atoms with van der Waals surface area (Å²) in [6, 6.07) is 17.2. The number of hydroxylamine groups is 2. The number of carbonyl (C=O) groups excluding carboxylic acids is 1. The second-order valence-electron chi connectivity index (χ2n) is 6.72. The molecule has 1 N–H and O–H groups in total. The van der Waals surface area contributed by atoms with Crippen molar-refractivity contribution >= 4 is 5.91 Å². The first kappa shape index (κ1) is 15.2. The van der Waals surface area contributed by atoms with Crippen LogP contribution in [0.4, 0.5) is 0 Å². The molecule has 4 rings (SSSR count). The van der Waals surface area contributed by atoms with Crippen molar-refractivity contribution in [2.75, 3.05) is 0 Å². The summed E-state index contributed by atoms with van der Waals surface area (Å²) in [6.07, 6.45) is -0.0244. The highest BCUT2D eigenvalue weighted by molar-refractivity contribution is 5.86. The van der Waals surface area contributed by atoms with Crippen LogP contribution in [0.1, 0.15) is 25.0 Å². The molecule has 0 unspecified atom stereocenters. The number of carbonyl (C=O) groups is 1. The van der Waals surface area contributed by atoms with Gasteiger partial charge in [-0.3, -0.25) is 10.0 Å². The fourth-order valence-electron chi connectivity index (χ4n) is 3.53. The van der Waals surface area contributed by atoms with Crippen LogP contribution in [0.15, 0.2) is 54.6 Å². The molecule has 2 aliphatic heterocycles. The fourth-order valence-corrected chi connectivity index (χ4v) is 3.53. The first-order valence-corrected chi connectivity index (χ1v) is 7.99. The van der Waals surface area contributed by atoms with Gasteiger partial charge in [0.1, 0.15) is 11.4 Å². The van der Waals surface area contributed by atoms with E-state index in [4.69, 9.17) is 9.47 Å². The number of ether oxygens (including phenoxy) is 2. The molecule has 2 aliphatic rings.